The Kier molecular flexibility index (Phi) is 11.8. The molecule has 14 heteroatoms. The van der Waals surface area contributed by atoms with Crippen LogP contribution < -0.4 is 10.6 Å². The van der Waals surface area contributed by atoms with Crippen molar-refractivity contribution in [2.75, 3.05) is 27.3 Å². The van der Waals surface area contributed by atoms with E-state index in [0.29, 0.717) is 13.1 Å². The highest BCUT2D eigenvalue weighted by Crippen LogP contribution is 2.38. The topological polar surface area (TPSA) is 175 Å². The lowest BCUT2D eigenvalue weighted by Gasteiger charge is -2.30. The number of benzene rings is 3. The molecule has 304 valence electrons. The predicted molar refractivity (Wildman–Crippen MR) is 220 cm³/mol. The van der Waals surface area contributed by atoms with Gasteiger partial charge in [0.2, 0.25) is 11.8 Å². The number of hydrogen-bond acceptors (Lipinski definition) is 8. The highest BCUT2D eigenvalue weighted by atomic mass is 16.5. The molecule has 0 bridgehead atoms. The van der Waals surface area contributed by atoms with Gasteiger partial charge < -0.3 is 39.9 Å². The van der Waals surface area contributed by atoms with Crippen LogP contribution in [0.25, 0.3) is 44.4 Å². The molecular weight excluding hydrogens is 737 g/mol. The van der Waals surface area contributed by atoms with Crippen LogP contribution in [0.5, 0.6) is 0 Å². The fraction of sp³-hybridized carbons (Fsp3) is 0.409. The highest BCUT2D eigenvalue weighted by molar-refractivity contribution is 6.04. The van der Waals surface area contributed by atoms with Crippen LogP contribution in [-0.2, 0) is 19.1 Å². The largest absolute Gasteiger partial charge is 0.453 e. The van der Waals surface area contributed by atoms with Crippen molar-refractivity contribution >= 4 is 34.8 Å². The normalized spacial score (nSPS) is 17.8. The third-order valence-electron chi connectivity index (χ3n) is 11.4. The Bertz CT molecular complexity index is 2280. The van der Waals surface area contributed by atoms with E-state index in [2.05, 4.69) is 75.2 Å². The van der Waals surface area contributed by atoms with E-state index in [1.54, 1.807) is 0 Å². The first-order valence-corrected chi connectivity index (χ1v) is 20.0. The molecule has 0 spiro atoms. The summed E-state index contributed by atoms with van der Waals surface area (Å²) >= 11 is 0. The number of carbonyl (C=O) groups is 4. The molecule has 4 heterocycles. The first kappa shape index (κ1) is 40.0. The quantitative estimate of drug-likeness (QED) is 0.107. The van der Waals surface area contributed by atoms with Gasteiger partial charge in [-0.2, -0.15) is 0 Å². The van der Waals surface area contributed by atoms with Gasteiger partial charge in [0.05, 0.1) is 50.1 Å². The molecule has 2 aliphatic heterocycles. The van der Waals surface area contributed by atoms with Gasteiger partial charge in [-0.1, -0.05) is 88.4 Å². The van der Waals surface area contributed by atoms with Gasteiger partial charge in [-0.25, -0.2) is 19.6 Å². The average Bonchev–Trinajstić information content (AvgIpc) is 4.07. The fourth-order valence-corrected chi connectivity index (χ4v) is 8.31. The maximum Gasteiger partial charge on any atom is 0.407 e. The van der Waals surface area contributed by atoms with Crippen molar-refractivity contribution in [3.63, 3.8) is 0 Å². The zero-order valence-electron chi connectivity index (χ0n) is 33.9. The van der Waals surface area contributed by atoms with Crippen LogP contribution in [0.2, 0.25) is 0 Å². The number of nitrogens with zero attached hydrogens (tertiary/aromatic N) is 4. The lowest BCUT2D eigenvalue weighted by Crippen LogP contribution is -2.51. The molecular formula is C44H52N8O6. The van der Waals surface area contributed by atoms with E-state index in [1.165, 1.54) is 14.2 Å². The molecule has 3 aromatic carbocycles. The van der Waals surface area contributed by atoms with Crippen LogP contribution in [0.4, 0.5) is 9.59 Å². The zero-order valence-corrected chi connectivity index (χ0v) is 33.9. The Labute approximate surface area is 338 Å². The van der Waals surface area contributed by atoms with Crippen LogP contribution in [-0.4, -0.2) is 93.1 Å². The van der Waals surface area contributed by atoms with Crippen LogP contribution in [0.1, 0.15) is 77.1 Å². The van der Waals surface area contributed by atoms with Gasteiger partial charge >= 0.3 is 12.2 Å². The maximum absolute atomic E-state index is 13.7. The first-order valence-electron chi connectivity index (χ1n) is 20.0. The molecule has 2 aromatic heterocycles. The molecule has 0 saturated carbocycles. The molecule has 58 heavy (non-hydrogen) atoms. The summed E-state index contributed by atoms with van der Waals surface area (Å²) in [7, 11) is 2.58. The van der Waals surface area contributed by atoms with Crippen LogP contribution in [0, 0.1) is 11.8 Å². The number of rotatable bonds is 11. The Morgan fingerprint density at radius 1 is 0.638 bits per heavy atom. The minimum atomic E-state index is -0.702. The van der Waals surface area contributed by atoms with E-state index in [-0.39, 0.29) is 35.7 Å². The lowest BCUT2D eigenvalue weighted by atomic mass is 9.94. The molecule has 7 rings (SSSR count). The number of alkyl carbamates (subject to hydrolysis) is 2. The van der Waals surface area contributed by atoms with E-state index in [1.807, 2.05) is 56.0 Å². The van der Waals surface area contributed by atoms with Crippen LogP contribution in [0.15, 0.2) is 73.1 Å². The highest BCUT2D eigenvalue weighted by Gasteiger charge is 2.39. The van der Waals surface area contributed by atoms with Gasteiger partial charge in [0.25, 0.3) is 0 Å². The summed E-state index contributed by atoms with van der Waals surface area (Å²) in [6, 6.07) is 19.0. The van der Waals surface area contributed by atoms with Crippen LogP contribution >= 0.6 is 0 Å². The van der Waals surface area contributed by atoms with E-state index < -0.39 is 24.3 Å². The monoisotopic (exact) mass is 788 g/mol. The van der Waals surface area contributed by atoms with E-state index in [4.69, 9.17) is 19.4 Å². The van der Waals surface area contributed by atoms with Crippen LogP contribution in [0.3, 0.4) is 0 Å². The molecule has 4 atom stereocenters. The van der Waals surface area contributed by atoms with Gasteiger partial charge in [0, 0.05) is 18.7 Å². The summed E-state index contributed by atoms with van der Waals surface area (Å²) < 4.78 is 9.56. The summed E-state index contributed by atoms with van der Waals surface area (Å²) in [5.74, 6) is 0.920. The summed E-state index contributed by atoms with van der Waals surface area (Å²) in [4.78, 5) is 71.4. The van der Waals surface area contributed by atoms with Gasteiger partial charge in [-0.05, 0) is 65.0 Å². The Morgan fingerprint density at radius 3 is 1.59 bits per heavy atom. The zero-order chi connectivity index (χ0) is 41.1. The first-order chi connectivity index (χ1) is 28.0. The van der Waals surface area contributed by atoms with Crippen molar-refractivity contribution in [2.45, 2.75) is 77.5 Å². The molecule has 2 aliphatic rings. The van der Waals surface area contributed by atoms with Gasteiger partial charge in [0.15, 0.2) is 0 Å². The number of aromatic nitrogens is 4. The number of carbonyl (C=O) groups excluding carboxylic acids is 4. The fourth-order valence-electron chi connectivity index (χ4n) is 8.31. The third kappa shape index (κ3) is 8.00. The predicted octanol–water partition coefficient (Wildman–Crippen LogP) is 7.38. The molecule has 4 amide bonds. The number of aromatic amines is 2. The number of methoxy groups -OCH3 is 2. The Morgan fingerprint density at radius 2 is 1.09 bits per heavy atom. The Hall–Kier alpha value is -6.18. The Balaban J connectivity index is 1.09. The van der Waals surface area contributed by atoms with Crippen molar-refractivity contribution in [3.05, 3.63) is 84.7 Å². The van der Waals surface area contributed by atoms with Gasteiger partial charge in [-0.3, -0.25) is 9.59 Å². The number of imidazole rings is 2. The molecule has 2 fully saturated rings. The average molecular weight is 789 g/mol. The second kappa shape index (κ2) is 17.1. The van der Waals surface area contributed by atoms with Crippen molar-refractivity contribution in [3.8, 4) is 33.6 Å². The number of amides is 4. The second-order valence-electron chi connectivity index (χ2n) is 15.7. The maximum atomic E-state index is 13.7. The molecule has 0 radical (unpaired) electrons. The molecule has 4 unspecified atom stereocenters. The summed E-state index contributed by atoms with van der Waals surface area (Å²) in [6.45, 7) is 8.78. The smallest absolute Gasteiger partial charge is 0.407 e. The third-order valence-corrected chi connectivity index (χ3v) is 11.4. The standard InChI is InChI=1S/C44H52N8O6/c1-25(2)37(49-43(55)57-5)41(53)51-21-9-15-35(51)39-45-23-33(47-39)28-19-17-27(18-20-28)29-11-7-13-31-30(29)12-8-14-32(31)34-24-46-40(48-34)36-16-10-22-52(36)42(54)38(26(3)4)50-44(56)58-6/h7-8,11-14,17-20,23-26,35-38H,9-10,15-16,21-22H2,1-6H3,(H,45,47)(H,46,48)(H,49,55)(H,50,56). The van der Waals surface area contributed by atoms with E-state index >= 15 is 0 Å². The second-order valence-corrected chi connectivity index (χ2v) is 15.7. The minimum absolute atomic E-state index is 0.111. The van der Waals surface area contributed by atoms with Gasteiger partial charge in [0.1, 0.15) is 23.7 Å². The number of H-pyrrole nitrogens is 2. The molecule has 5 aromatic rings. The van der Waals surface area contributed by atoms with E-state index in [0.717, 1.165) is 81.7 Å². The van der Waals surface area contributed by atoms with Gasteiger partial charge in [-0.15, -0.1) is 0 Å². The summed E-state index contributed by atoms with van der Waals surface area (Å²) in [6.07, 6.45) is 5.61. The lowest BCUT2D eigenvalue weighted by molar-refractivity contribution is -0.136. The van der Waals surface area contributed by atoms with E-state index in [9.17, 15) is 19.2 Å². The molecule has 0 aliphatic carbocycles. The molecule has 14 nitrogen and oxygen atoms in total. The minimum Gasteiger partial charge on any atom is -0.453 e. The van der Waals surface area contributed by atoms with Crippen molar-refractivity contribution in [1.82, 2.24) is 40.4 Å². The molecule has 4 N–H and O–H groups in total. The van der Waals surface area contributed by atoms with Crippen molar-refractivity contribution < 1.29 is 28.7 Å². The number of likely N-dealkylation sites (tertiary alicyclic amines) is 2. The van der Waals surface area contributed by atoms with Crippen molar-refractivity contribution in [2.24, 2.45) is 11.8 Å². The number of hydrogen-bond donors (Lipinski definition) is 4. The number of nitrogens with one attached hydrogen (secondary N) is 4. The number of ether oxygens (including phenoxy) is 2. The number of fused-ring (bicyclic) bond motifs is 1. The summed E-state index contributed by atoms with van der Waals surface area (Å²) in [5, 5.41) is 7.57. The van der Waals surface area contributed by atoms with Crippen molar-refractivity contribution in [1.29, 1.82) is 0 Å². The SMILES string of the molecule is COC(=O)NC(C(=O)N1CCCC1c1ncc(-c2ccc(-c3cccc4c(-c5cnc(C6CCCN6C(=O)C(NC(=O)OC)C(C)C)[nH]5)cccc34)cc2)[nH]1)C(C)C. The molecule has 2 saturated heterocycles. The summed E-state index contributed by atoms with van der Waals surface area (Å²) in [5.41, 5.74) is 5.83.